The number of rotatable bonds is 4. The lowest BCUT2D eigenvalue weighted by atomic mass is 10.1. The number of carbonyl (C=O) groups excluding carboxylic acids is 1. The van der Waals surface area contributed by atoms with Crippen LogP contribution in [0.4, 0.5) is 5.69 Å². The Hall–Kier alpha value is -1.89. The van der Waals surface area contributed by atoms with Gasteiger partial charge in [-0.25, -0.2) is 8.42 Å². The molecule has 1 aliphatic rings. The van der Waals surface area contributed by atoms with Gasteiger partial charge in [0.2, 0.25) is 0 Å². The quantitative estimate of drug-likeness (QED) is 0.888. The minimum Gasteiger partial charge on any atom is -0.322 e. The summed E-state index contributed by atoms with van der Waals surface area (Å²) in [6, 6.07) is 14.3. The summed E-state index contributed by atoms with van der Waals surface area (Å²) in [7, 11) is -2.88. The van der Waals surface area contributed by atoms with E-state index in [1.165, 1.54) is 0 Å². The summed E-state index contributed by atoms with van der Waals surface area (Å²) >= 11 is 5.84. The van der Waals surface area contributed by atoms with Gasteiger partial charge >= 0.3 is 0 Å². The molecule has 1 fully saturated rings. The minimum atomic E-state index is -2.88. The van der Waals surface area contributed by atoms with Crippen molar-refractivity contribution in [2.24, 2.45) is 0 Å². The molecular formula is C18H19ClN2O3S. The zero-order chi connectivity index (χ0) is 17.9. The molecule has 0 saturated carbocycles. The summed E-state index contributed by atoms with van der Waals surface area (Å²) in [5, 5.41) is 3.45. The van der Waals surface area contributed by atoms with Gasteiger partial charge in [0.25, 0.3) is 5.91 Å². The predicted octanol–water partition coefficient (Wildman–Crippen LogP) is 2.82. The summed E-state index contributed by atoms with van der Waals surface area (Å²) in [6.07, 6.45) is 0. The number of hydrogen-bond donors (Lipinski definition) is 1. The van der Waals surface area contributed by atoms with Gasteiger partial charge in [-0.2, -0.15) is 0 Å². The summed E-state index contributed by atoms with van der Waals surface area (Å²) in [5.74, 6) is 0.207. The Morgan fingerprint density at radius 3 is 2.44 bits per heavy atom. The van der Waals surface area contributed by atoms with Crippen LogP contribution >= 0.6 is 11.6 Å². The topological polar surface area (TPSA) is 66.5 Å². The van der Waals surface area contributed by atoms with Crippen molar-refractivity contribution in [3.63, 3.8) is 0 Å². The molecule has 1 amide bonds. The highest BCUT2D eigenvalue weighted by molar-refractivity contribution is 7.91. The SMILES string of the molecule is O=C(Nc1ccc(Cl)cc1)c1cccc(CN2CCS(=O)(=O)CC2)c1. The highest BCUT2D eigenvalue weighted by Gasteiger charge is 2.21. The third-order valence-electron chi connectivity index (χ3n) is 4.13. The van der Waals surface area contributed by atoms with Crippen molar-refractivity contribution in [1.29, 1.82) is 0 Å². The van der Waals surface area contributed by atoms with Gasteiger partial charge in [-0.3, -0.25) is 9.69 Å². The first-order valence-electron chi connectivity index (χ1n) is 8.00. The number of nitrogens with zero attached hydrogens (tertiary/aromatic N) is 1. The molecule has 0 bridgehead atoms. The Morgan fingerprint density at radius 1 is 1.08 bits per heavy atom. The molecule has 2 aromatic carbocycles. The summed E-state index contributed by atoms with van der Waals surface area (Å²) in [4.78, 5) is 14.5. The Labute approximate surface area is 152 Å². The maximum Gasteiger partial charge on any atom is 0.255 e. The van der Waals surface area contributed by atoms with E-state index in [2.05, 4.69) is 10.2 Å². The lowest BCUT2D eigenvalue weighted by Crippen LogP contribution is -2.39. The maximum absolute atomic E-state index is 12.4. The first kappa shape index (κ1) is 17.9. The van der Waals surface area contributed by atoms with Crippen LogP contribution in [0.2, 0.25) is 5.02 Å². The van der Waals surface area contributed by atoms with Gasteiger partial charge in [-0.05, 0) is 42.0 Å². The second kappa shape index (κ2) is 7.56. The number of halogens is 1. The number of nitrogens with one attached hydrogen (secondary N) is 1. The average Bonchev–Trinajstić information content (AvgIpc) is 2.59. The number of amides is 1. The molecule has 3 rings (SSSR count). The monoisotopic (exact) mass is 378 g/mol. The summed E-state index contributed by atoms with van der Waals surface area (Å²) in [6.45, 7) is 1.70. The Kier molecular flexibility index (Phi) is 5.42. The first-order valence-corrected chi connectivity index (χ1v) is 10.2. The molecular weight excluding hydrogens is 360 g/mol. The summed E-state index contributed by atoms with van der Waals surface area (Å²) < 4.78 is 23.0. The van der Waals surface area contributed by atoms with Crippen LogP contribution in [-0.4, -0.2) is 43.8 Å². The third kappa shape index (κ3) is 5.04. The van der Waals surface area contributed by atoms with Crippen molar-refractivity contribution in [3.05, 3.63) is 64.7 Å². The molecule has 7 heteroatoms. The van der Waals surface area contributed by atoms with E-state index in [-0.39, 0.29) is 17.4 Å². The molecule has 0 unspecified atom stereocenters. The Morgan fingerprint density at radius 2 is 1.76 bits per heavy atom. The van der Waals surface area contributed by atoms with Crippen LogP contribution in [0.1, 0.15) is 15.9 Å². The van der Waals surface area contributed by atoms with Gasteiger partial charge in [-0.1, -0.05) is 23.7 Å². The first-order chi connectivity index (χ1) is 11.9. The fourth-order valence-electron chi connectivity index (χ4n) is 2.71. The van der Waals surface area contributed by atoms with E-state index in [0.717, 1.165) is 5.56 Å². The average molecular weight is 379 g/mol. The van der Waals surface area contributed by atoms with Crippen LogP contribution in [0.3, 0.4) is 0 Å². The van der Waals surface area contributed by atoms with Crippen LogP contribution in [0.15, 0.2) is 48.5 Å². The van der Waals surface area contributed by atoms with Crippen molar-refractivity contribution < 1.29 is 13.2 Å². The van der Waals surface area contributed by atoms with Gasteiger partial charge in [0.1, 0.15) is 0 Å². The molecule has 0 spiro atoms. The molecule has 0 atom stereocenters. The number of hydrogen-bond acceptors (Lipinski definition) is 4. The normalized spacial score (nSPS) is 17.2. The van der Waals surface area contributed by atoms with Crippen LogP contribution in [-0.2, 0) is 16.4 Å². The van der Waals surface area contributed by atoms with E-state index >= 15 is 0 Å². The molecule has 132 valence electrons. The Balaban J connectivity index is 1.64. The van der Waals surface area contributed by atoms with Crippen LogP contribution < -0.4 is 5.32 Å². The molecule has 5 nitrogen and oxygen atoms in total. The van der Waals surface area contributed by atoms with Gasteiger partial charge in [-0.15, -0.1) is 0 Å². The molecule has 0 radical (unpaired) electrons. The summed E-state index contributed by atoms with van der Waals surface area (Å²) in [5.41, 5.74) is 2.24. The Bertz CT molecular complexity index is 852. The number of anilines is 1. The molecule has 2 aromatic rings. The smallest absolute Gasteiger partial charge is 0.255 e. The van der Waals surface area contributed by atoms with Crippen LogP contribution in [0.5, 0.6) is 0 Å². The van der Waals surface area contributed by atoms with Crippen molar-refractivity contribution in [3.8, 4) is 0 Å². The largest absolute Gasteiger partial charge is 0.322 e. The van der Waals surface area contributed by atoms with E-state index in [4.69, 9.17) is 11.6 Å². The second-order valence-electron chi connectivity index (χ2n) is 6.09. The number of carbonyl (C=O) groups is 1. The maximum atomic E-state index is 12.4. The van der Waals surface area contributed by atoms with Crippen molar-refractivity contribution in [2.75, 3.05) is 29.9 Å². The van der Waals surface area contributed by atoms with Crippen molar-refractivity contribution in [2.45, 2.75) is 6.54 Å². The highest BCUT2D eigenvalue weighted by atomic mass is 35.5. The fraction of sp³-hybridized carbons (Fsp3) is 0.278. The van der Waals surface area contributed by atoms with E-state index < -0.39 is 9.84 Å². The molecule has 0 aromatic heterocycles. The molecule has 1 saturated heterocycles. The second-order valence-corrected chi connectivity index (χ2v) is 8.83. The zero-order valence-electron chi connectivity index (χ0n) is 13.6. The number of sulfone groups is 1. The predicted molar refractivity (Wildman–Crippen MR) is 99.8 cm³/mol. The molecule has 1 heterocycles. The highest BCUT2D eigenvalue weighted by Crippen LogP contribution is 2.16. The van der Waals surface area contributed by atoms with E-state index in [0.29, 0.717) is 35.9 Å². The van der Waals surface area contributed by atoms with Gasteiger partial charge in [0, 0.05) is 35.9 Å². The third-order valence-corrected chi connectivity index (χ3v) is 6.00. The lowest BCUT2D eigenvalue weighted by Gasteiger charge is -2.26. The van der Waals surface area contributed by atoms with Crippen LogP contribution in [0.25, 0.3) is 0 Å². The van der Waals surface area contributed by atoms with Gasteiger partial charge in [0.05, 0.1) is 11.5 Å². The van der Waals surface area contributed by atoms with Crippen molar-refractivity contribution in [1.82, 2.24) is 4.90 Å². The number of benzene rings is 2. The fourth-order valence-corrected chi connectivity index (χ4v) is 4.12. The molecule has 25 heavy (non-hydrogen) atoms. The van der Waals surface area contributed by atoms with Crippen LogP contribution in [0, 0.1) is 0 Å². The van der Waals surface area contributed by atoms with Crippen molar-refractivity contribution >= 4 is 33.0 Å². The minimum absolute atomic E-state index is 0.189. The van der Waals surface area contributed by atoms with Gasteiger partial charge in [0.15, 0.2) is 9.84 Å². The standard InChI is InChI=1S/C18H19ClN2O3S/c19-16-4-6-17(7-5-16)20-18(22)15-3-1-2-14(12-15)13-21-8-10-25(23,24)11-9-21/h1-7,12H,8-11,13H2,(H,20,22). The molecule has 1 N–H and O–H groups in total. The molecule has 0 aliphatic carbocycles. The lowest BCUT2D eigenvalue weighted by molar-refractivity contribution is 0.102. The molecule has 1 aliphatic heterocycles. The zero-order valence-corrected chi connectivity index (χ0v) is 15.2. The van der Waals surface area contributed by atoms with E-state index in [1.54, 1.807) is 30.3 Å². The van der Waals surface area contributed by atoms with E-state index in [1.807, 2.05) is 18.2 Å². The van der Waals surface area contributed by atoms with Gasteiger partial charge < -0.3 is 5.32 Å². The van der Waals surface area contributed by atoms with E-state index in [9.17, 15) is 13.2 Å².